The molecule has 0 spiro atoms. The molecular weight excluding hydrogens is 302 g/mol. The number of carbonyl (C=O) groups excluding carboxylic acids is 1. The van der Waals surface area contributed by atoms with E-state index in [0.29, 0.717) is 5.69 Å². The molecule has 0 saturated carbocycles. The van der Waals surface area contributed by atoms with Crippen LogP contribution in [0.3, 0.4) is 0 Å². The summed E-state index contributed by atoms with van der Waals surface area (Å²) in [4.78, 5) is 16.5. The average Bonchev–Trinajstić information content (AvgIpc) is 2.59. The second-order valence-electron chi connectivity index (χ2n) is 6.23. The third kappa shape index (κ3) is 4.26. The summed E-state index contributed by atoms with van der Waals surface area (Å²) in [6, 6.07) is 15.0. The van der Waals surface area contributed by atoms with Crippen molar-refractivity contribution in [3.8, 4) is 5.75 Å². The van der Waals surface area contributed by atoms with Gasteiger partial charge in [-0.1, -0.05) is 29.8 Å². The van der Waals surface area contributed by atoms with E-state index in [1.54, 1.807) is 24.3 Å². The van der Waals surface area contributed by atoms with Gasteiger partial charge >= 0.3 is 6.03 Å². The van der Waals surface area contributed by atoms with Gasteiger partial charge in [-0.3, -0.25) is 4.90 Å². The highest BCUT2D eigenvalue weighted by molar-refractivity contribution is 5.89. The van der Waals surface area contributed by atoms with Crippen molar-refractivity contribution in [2.75, 3.05) is 31.5 Å². The molecule has 2 amide bonds. The van der Waals surface area contributed by atoms with Gasteiger partial charge in [-0.05, 0) is 36.8 Å². The average molecular weight is 325 g/mol. The maximum atomic E-state index is 12.3. The molecule has 1 saturated heterocycles. The number of benzene rings is 2. The minimum atomic E-state index is -0.0873. The molecule has 1 heterocycles. The van der Waals surface area contributed by atoms with Crippen LogP contribution in [0.1, 0.15) is 11.1 Å². The summed E-state index contributed by atoms with van der Waals surface area (Å²) in [5.74, 6) is 0.192. The fourth-order valence-electron chi connectivity index (χ4n) is 2.81. The van der Waals surface area contributed by atoms with E-state index in [2.05, 4.69) is 41.4 Å². The van der Waals surface area contributed by atoms with Gasteiger partial charge in [-0.25, -0.2) is 4.79 Å². The molecule has 24 heavy (non-hydrogen) atoms. The highest BCUT2D eigenvalue weighted by Crippen LogP contribution is 2.15. The van der Waals surface area contributed by atoms with Crippen LogP contribution in [0.25, 0.3) is 0 Å². The fourth-order valence-corrected chi connectivity index (χ4v) is 2.81. The largest absolute Gasteiger partial charge is 0.508 e. The van der Waals surface area contributed by atoms with E-state index in [-0.39, 0.29) is 11.8 Å². The SMILES string of the molecule is Cc1ccc(CN2CCN(C(=O)Nc3ccc(O)cc3)CC2)cc1. The van der Waals surface area contributed by atoms with Gasteiger partial charge in [0, 0.05) is 38.4 Å². The monoisotopic (exact) mass is 325 g/mol. The minimum absolute atomic E-state index is 0.0873. The molecule has 1 aliphatic rings. The van der Waals surface area contributed by atoms with E-state index in [1.165, 1.54) is 11.1 Å². The fraction of sp³-hybridized carbons (Fsp3) is 0.316. The Morgan fingerprint density at radius 1 is 1.00 bits per heavy atom. The normalized spacial score (nSPS) is 15.3. The third-order valence-electron chi connectivity index (χ3n) is 4.30. The van der Waals surface area contributed by atoms with Crippen LogP contribution < -0.4 is 5.32 Å². The number of piperazine rings is 1. The van der Waals surface area contributed by atoms with E-state index < -0.39 is 0 Å². The molecule has 126 valence electrons. The first-order chi connectivity index (χ1) is 11.6. The van der Waals surface area contributed by atoms with E-state index in [4.69, 9.17) is 0 Å². The van der Waals surface area contributed by atoms with Gasteiger partial charge in [-0.15, -0.1) is 0 Å². The topological polar surface area (TPSA) is 55.8 Å². The maximum Gasteiger partial charge on any atom is 0.321 e. The molecule has 2 aromatic rings. The number of aromatic hydroxyl groups is 1. The molecule has 0 radical (unpaired) electrons. The van der Waals surface area contributed by atoms with Crippen molar-refractivity contribution >= 4 is 11.7 Å². The van der Waals surface area contributed by atoms with Gasteiger partial charge in [0.2, 0.25) is 0 Å². The Bertz CT molecular complexity index is 675. The Hall–Kier alpha value is -2.53. The summed E-state index contributed by atoms with van der Waals surface area (Å²) in [5.41, 5.74) is 3.27. The molecule has 5 nitrogen and oxygen atoms in total. The Morgan fingerprint density at radius 2 is 1.62 bits per heavy atom. The van der Waals surface area contributed by atoms with Gasteiger partial charge in [0.25, 0.3) is 0 Å². The van der Waals surface area contributed by atoms with Gasteiger partial charge in [0.05, 0.1) is 0 Å². The maximum absolute atomic E-state index is 12.3. The number of anilines is 1. The molecule has 1 aliphatic heterocycles. The Morgan fingerprint density at radius 3 is 2.25 bits per heavy atom. The van der Waals surface area contributed by atoms with Crippen LogP contribution in [-0.4, -0.2) is 47.1 Å². The van der Waals surface area contributed by atoms with Gasteiger partial charge < -0.3 is 15.3 Å². The van der Waals surface area contributed by atoms with Crippen molar-refractivity contribution in [1.82, 2.24) is 9.80 Å². The number of urea groups is 1. The predicted octanol–water partition coefficient (Wildman–Crippen LogP) is 3.05. The zero-order valence-corrected chi connectivity index (χ0v) is 13.9. The van der Waals surface area contributed by atoms with Crippen LogP contribution in [-0.2, 0) is 6.54 Å². The van der Waals surface area contributed by atoms with Crippen LogP contribution in [0.15, 0.2) is 48.5 Å². The first-order valence-corrected chi connectivity index (χ1v) is 8.23. The molecule has 0 atom stereocenters. The number of nitrogens with zero attached hydrogens (tertiary/aromatic N) is 2. The van der Waals surface area contributed by atoms with E-state index in [1.807, 2.05) is 4.90 Å². The lowest BCUT2D eigenvalue weighted by Gasteiger charge is -2.34. The molecule has 5 heteroatoms. The summed E-state index contributed by atoms with van der Waals surface area (Å²) >= 11 is 0. The minimum Gasteiger partial charge on any atom is -0.508 e. The summed E-state index contributed by atoms with van der Waals surface area (Å²) in [6.07, 6.45) is 0. The lowest BCUT2D eigenvalue weighted by Crippen LogP contribution is -2.49. The molecular formula is C19H23N3O2. The van der Waals surface area contributed by atoms with Crippen molar-refractivity contribution in [3.05, 3.63) is 59.7 Å². The second-order valence-corrected chi connectivity index (χ2v) is 6.23. The number of amides is 2. The first-order valence-electron chi connectivity index (χ1n) is 8.23. The van der Waals surface area contributed by atoms with Gasteiger partial charge in [-0.2, -0.15) is 0 Å². The summed E-state index contributed by atoms with van der Waals surface area (Å²) in [5, 5.41) is 12.1. The molecule has 1 fully saturated rings. The Balaban J connectivity index is 1.48. The van der Waals surface area contributed by atoms with E-state index in [9.17, 15) is 9.90 Å². The van der Waals surface area contributed by atoms with Crippen molar-refractivity contribution in [2.45, 2.75) is 13.5 Å². The van der Waals surface area contributed by atoms with Gasteiger partial charge in [0.1, 0.15) is 5.75 Å². The Kier molecular flexibility index (Phi) is 5.01. The lowest BCUT2D eigenvalue weighted by molar-refractivity contribution is 0.143. The van der Waals surface area contributed by atoms with Crippen molar-refractivity contribution in [3.63, 3.8) is 0 Å². The second kappa shape index (κ2) is 7.36. The number of aryl methyl sites for hydroxylation is 1. The van der Waals surface area contributed by atoms with Gasteiger partial charge in [0.15, 0.2) is 0 Å². The molecule has 2 N–H and O–H groups in total. The van der Waals surface area contributed by atoms with Crippen LogP contribution in [0, 0.1) is 6.92 Å². The number of phenolic OH excluding ortho intramolecular Hbond substituents is 1. The van der Waals surface area contributed by atoms with Crippen molar-refractivity contribution in [2.24, 2.45) is 0 Å². The molecule has 0 unspecified atom stereocenters. The number of phenols is 1. The number of hydrogen-bond acceptors (Lipinski definition) is 3. The van der Waals surface area contributed by atoms with Crippen LogP contribution in [0.2, 0.25) is 0 Å². The summed E-state index contributed by atoms with van der Waals surface area (Å²) in [7, 11) is 0. The quantitative estimate of drug-likeness (QED) is 0.853. The number of hydrogen-bond donors (Lipinski definition) is 2. The number of nitrogens with one attached hydrogen (secondary N) is 1. The zero-order valence-electron chi connectivity index (χ0n) is 13.9. The predicted molar refractivity (Wildman–Crippen MR) is 95.2 cm³/mol. The molecule has 3 rings (SSSR count). The van der Waals surface area contributed by atoms with Crippen LogP contribution in [0.5, 0.6) is 5.75 Å². The lowest BCUT2D eigenvalue weighted by atomic mass is 10.1. The number of carbonyl (C=O) groups is 1. The third-order valence-corrected chi connectivity index (χ3v) is 4.30. The Labute approximate surface area is 142 Å². The van der Waals surface area contributed by atoms with Crippen LogP contribution in [0.4, 0.5) is 10.5 Å². The number of rotatable bonds is 3. The standard InChI is InChI=1S/C19H23N3O2/c1-15-2-4-16(5-3-15)14-21-10-12-22(13-11-21)19(24)20-17-6-8-18(23)9-7-17/h2-9,23H,10-14H2,1H3,(H,20,24). The zero-order chi connectivity index (χ0) is 16.9. The molecule has 2 aromatic carbocycles. The smallest absolute Gasteiger partial charge is 0.321 e. The van der Waals surface area contributed by atoms with E-state index >= 15 is 0 Å². The molecule has 0 aromatic heterocycles. The highest BCUT2D eigenvalue weighted by Gasteiger charge is 2.21. The van der Waals surface area contributed by atoms with Crippen molar-refractivity contribution < 1.29 is 9.90 Å². The molecule has 0 bridgehead atoms. The van der Waals surface area contributed by atoms with E-state index in [0.717, 1.165) is 32.7 Å². The highest BCUT2D eigenvalue weighted by atomic mass is 16.3. The van der Waals surface area contributed by atoms with Crippen molar-refractivity contribution in [1.29, 1.82) is 0 Å². The summed E-state index contributed by atoms with van der Waals surface area (Å²) in [6.45, 7) is 6.20. The molecule has 0 aliphatic carbocycles. The first kappa shape index (κ1) is 16.3. The van der Waals surface area contributed by atoms with Crippen LogP contribution >= 0.6 is 0 Å². The summed E-state index contributed by atoms with van der Waals surface area (Å²) < 4.78 is 0.